The molecule has 2 aliphatic rings. The van der Waals surface area contributed by atoms with Crippen LogP contribution in [-0.2, 0) is 21.1 Å². The SMILES string of the molecule is CS(=O)(=O)CCCOc1cc(F)c(Oc2ccc(F)c3c2CC[C@H]3Oc2ccc3c(c2)OCC3CC(=O)O)cc1F. The molecule has 0 radical (unpaired) electrons. The van der Waals surface area contributed by atoms with Gasteiger partial charge >= 0.3 is 5.97 Å². The minimum absolute atomic E-state index is 0.0528. The maximum absolute atomic E-state index is 15.0. The molecule has 0 saturated heterocycles. The zero-order valence-corrected chi connectivity index (χ0v) is 22.8. The molecule has 1 aliphatic carbocycles. The third-order valence-electron chi connectivity index (χ3n) is 6.93. The highest BCUT2D eigenvalue weighted by Gasteiger charge is 2.32. The molecular weight excluding hydrogens is 565 g/mol. The van der Waals surface area contributed by atoms with E-state index >= 15 is 0 Å². The van der Waals surface area contributed by atoms with Crippen LogP contribution in [0.15, 0.2) is 42.5 Å². The van der Waals surface area contributed by atoms with Gasteiger partial charge in [0.1, 0.15) is 39.0 Å². The zero-order valence-electron chi connectivity index (χ0n) is 22.0. The molecule has 0 aromatic heterocycles. The van der Waals surface area contributed by atoms with E-state index in [1.54, 1.807) is 18.2 Å². The van der Waals surface area contributed by atoms with E-state index < -0.39 is 45.1 Å². The minimum Gasteiger partial charge on any atom is -0.492 e. The summed E-state index contributed by atoms with van der Waals surface area (Å²) in [4.78, 5) is 11.1. The minimum atomic E-state index is -3.20. The van der Waals surface area contributed by atoms with E-state index in [0.717, 1.165) is 24.0 Å². The van der Waals surface area contributed by atoms with Gasteiger partial charge in [-0.05, 0) is 37.5 Å². The van der Waals surface area contributed by atoms with Gasteiger partial charge in [0, 0.05) is 47.1 Å². The van der Waals surface area contributed by atoms with Crippen molar-refractivity contribution in [1.82, 2.24) is 0 Å². The first-order valence-electron chi connectivity index (χ1n) is 12.9. The normalized spacial score (nSPS) is 17.5. The highest BCUT2D eigenvalue weighted by molar-refractivity contribution is 7.90. The highest BCUT2D eigenvalue weighted by Crippen LogP contribution is 2.45. The van der Waals surface area contributed by atoms with Crippen molar-refractivity contribution >= 4 is 15.8 Å². The standard InChI is InChI=1S/C29H27F3O8S/c1-41(35,36)10-2-9-37-26-13-22(32)27(14-21(26)31)40-23-8-6-20(30)29-19(23)5-7-24(29)39-17-3-4-18-16(11-28(33)34)15-38-25(18)12-17/h3-4,6,8,12-14,16,24H,2,5,7,9-11,15H2,1H3,(H,33,34)/t16?,24-/m1/s1. The summed E-state index contributed by atoms with van der Waals surface area (Å²) < 4.78 is 89.4. The molecule has 2 atom stereocenters. The lowest BCUT2D eigenvalue weighted by atomic mass is 9.98. The van der Waals surface area contributed by atoms with Crippen LogP contribution in [0.1, 0.15) is 48.0 Å². The summed E-state index contributed by atoms with van der Waals surface area (Å²) in [5.74, 6) is -3.37. The monoisotopic (exact) mass is 592 g/mol. The zero-order chi connectivity index (χ0) is 29.3. The summed E-state index contributed by atoms with van der Waals surface area (Å²) in [6, 6.07) is 9.23. The Hall–Kier alpha value is -3.93. The Morgan fingerprint density at radius 3 is 2.54 bits per heavy atom. The Balaban J connectivity index is 1.30. The molecule has 0 spiro atoms. The van der Waals surface area contributed by atoms with Crippen molar-refractivity contribution in [2.45, 2.75) is 37.7 Å². The maximum atomic E-state index is 15.0. The summed E-state index contributed by atoms with van der Waals surface area (Å²) in [5, 5.41) is 9.09. The summed E-state index contributed by atoms with van der Waals surface area (Å²) in [6.45, 7) is 0.135. The fourth-order valence-corrected chi connectivity index (χ4v) is 5.69. The number of aliphatic carboxylic acids is 1. The molecule has 0 saturated carbocycles. The third-order valence-corrected chi connectivity index (χ3v) is 7.96. The van der Waals surface area contributed by atoms with Crippen LogP contribution in [0.2, 0.25) is 0 Å². The molecular formula is C29H27F3O8S. The summed E-state index contributed by atoms with van der Waals surface area (Å²) in [5.41, 5.74) is 1.49. The molecule has 12 heteroatoms. The Bertz CT molecular complexity index is 1590. The van der Waals surface area contributed by atoms with Crippen molar-refractivity contribution in [3.63, 3.8) is 0 Å². The summed E-state index contributed by atoms with van der Waals surface area (Å²) >= 11 is 0. The van der Waals surface area contributed by atoms with Crippen molar-refractivity contribution in [2.75, 3.05) is 25.2 Å². The molecule has 3 aromatic rings. The van der Waals surface area contributed by atoms with E-state index in [-0.39, 0.29) is 54.8 Å². The number of carbonyl (C=O) groups is 1. The van der Waals surface area contributed by atoms with E-state index in [1.165, 1.54) is 12.1 Å². The summed E-state index contributed by atoms with van der Waals surface area (Å²) in [6.07, 6.45) is 1.23. The lowest BCUT2D eigenvalue weighted by Gasteiger charge is -2.17. The number of halogens is 3. The van der Waals surface area contributed by atoms with Gasteiger partial charge in [-0.15, -0.1) is 0 Å². The number of hydrogen-bond acceptors (Lipinski definition) is 7. The number of hydrogen-bond donors (Lipinski definition) is 1. The molecule has 5 rings (SSSR count). The topological polar surface area (TPSA) is 108 Å². The number of rotatable bonds is 11. The highest BCUT2D eigenvalue weighted by atomic mass is 32.2. The van der Waals surface area contributed by atoms with Crippen LogP contribution in [0, 0.1) is 17.5 Å². The van der Waals surface area contributed by atoms with Gasteiger partial charge in [0.05, 0.1) is 25.4 Å². The molecule has 218 valence electrons. The van der Waals surface area contributed by atoms with Crippen LogP contribution in [0.25, 0.3) is 0 Å². The summed E-state index contributed by atoms with van der Waals surface area (Å²) in [7, 11) is -3.20. The molecule has 1 aliphatic heterocycles. The van der Waals surface area contributed by atoms with E-state index in [2.05, 4.69) is 0 Å². The van der Waals surface area contributed by atoms with Crippen LogP contribution < -0.4 is 18.9 Å². The Morgan fingerprint density at radius 2 is 1.78 bits per heavy atom. The van der Waals surface area contributed by atoms with Gasteiger partial charge in [0.2, 0.25) is 0 Å². The number of carboxylic acids is 1. The molecule has 1 N–H and O–H groups in total. The Kier molecular flexibility index (Phi) is 8.03. The molecule has 8 nitrogen and oxygen atoms in total. The molecule has 41 heavy (non-hydrogen) atoms. The second kappa shape index (κ2) is 11.5. The molecule has 0 amide bonds. The third kappa shape index (κ3) is 6.53. The van der Waals surface area contributed by atoms with Crippen molar-refractivity contribution in [3.8, 4) is 28.7 Å². The number of benzene rings is 3. The smallest absolute Gasteiger partial charge is 0.304 e. The largest absolute Gasteiger partial charge is 0.492 e. The molecule has 0 bridgehead atoms. The van der Waals surface area contributed by atoms with E-state index in [9.17, 15) is 26.4 Å². The van der Waals surface area contributed by atoms with Gasteiger partial charge in [-0.3, -0.25) is 4.79 Å². The van der Waals surface area contributed by atoms with Crippen molar-refractivity contribution in [2.24, 2.45) is 0 Å². The fraction of sp³-hybridized carbons (Fsp3) is 0.345. The first kappa shape index (κ1) is 28.6. The second-order valence-corrected chi connectivity index (χ2v) is 12.3. The van der Waals surface area contributed by atoms with Crippen LogP contribution in [0.3, 0.4) is 0 Å². The van der Waals surface area contributed by atoms with Gasteiger partial charge in [-0.1, -0.05) is 6.07 Å². The predicted molar refractivity (Wildman–Crippen MR) is 141 cm³/mol. The lowest BCUT2D eigenvalue weighted by molar-refractivity contribution is -0.137. The first-order chi connectivity index (χ1) is 19.5. The first-order valence-corrected chi connectivity index (χ1v) is 15.0. The lowest BCUT2D eigenvalue weighted by Crippen LogP contribution is -2.08. The number of carboxylic acid groups (broad SMARTS) is 1. The number of sulfone groups is 1. The Labute approximate surface area is 234 Å². The predicted octanol–water partition coefficient (Wildman–Crippen LogP) is 5.73. The van der Waals surface area contributed by atoms with Crippen molar-refractivity contribution in [1.29, 1.82) is 0 Å². The maximum Gasteiger partial charge on any atom is 0.304 e. The Morgan fingerprint density at radius 1 is 1.02 bits per heavy atom. The van der Waals surface area contributed by atoms with Gasteiger partial charge in [-0.25, -0.2) is 21.6 Å². The van der Waals surface area contributed by atoms with E-state index in [4.69, 9.17) is 24.1 Å². The number of ether oxygens (including phenoxy) is 4. The van der Waals surface area contributed by atoms with Crippen molar-refractivity contribution < 1.29 is 50.4 Å². The van der Waals surface area contributed by atoms with Crippen molar-refractivity contribution in [3.05, 3.63) is 76.6 Å². The average Bonchev–Trinajstić information content (AvgIpc) is 3.50. The van der Waals surface area contributed by atoms with Gasteiger partial charge in [0.15, 0.2) is 23.1 Å². The average molecular weight is 593 g/mol. The van der Waals surface area contributed by atoms with Crippen LogP contribution in [0.5, 0.6) is 28.7 Å². The number of fused-ring (bicyclic) bond motifs is 2. The van der Waals surface area contributed by atoms with Crippen LogP contribution >= 0.6 is 0 Å². The van der Waals surface area contributed by atoms with Crippen LogP contribution in [0.4, 0.5) is 13.2 Å². The fourth-order valence-electron chi connectivity index (χ4n) is 5.05. The van der Waals surface area contributed by atoms with E-state index in [0.29, 0.717) is 29.9 Å². The van der Waals surface area contributed by atoms with E-state index in [1.807, 2.05) is 0 Å². The molecule has 1 unspecified atom stereocenters. The van der Waals surface area contributed by atoms with Gasteiger partial charge < -0.3 is 24.1 Å². The van der Waals surface area contributed by atoms with Gasteiger partial charge in [-0.2, -0.15) is 0 Å². The quantitative estimate of drug-likeness (QED) is 0.282. The molecule has 3 aromatic carbocycles. The molecule has 0 fully saturated rings. The van der Waals surface area contributed by atoms with Gasteiger partial charge in [0.25, 0.3) is 0 Å². The molecule has 1 heterocycles. The second-order valence-electron chi connectivity index (χ2n) is 10.0. The van der Waals surface area contributed by atoms with Crippen LogP contribution in [-0.4, -0.2) is 44.7 Å².